The van der Waals surface area contributed by atoms with Crippen molar-refractivity contribution in [3.63, 3.8) is 0 Å². The summed E-state index contributed by atoms with van der Waals surface area (Å²) in [6.45, 7) is 11.7. The molecule has 1 N–H and O–H groups in total. The maximum atomic E-state index is 10.5. The van der Waals surface area contributed by atoms with Crippen LogP contribution in [0, 0.1) is 11.3 Å². The van der Waals surface area contributed by atoms with Gasteiger partial charge in [-0.05, 0) is 24.2 Å². The van der Waals surface area contributed by atoms with Crippen molar-refractivity contribution < 1.29 is 9.84 Å². The van der Waals surface area contributed by atoms with Gasteiger partial charge in [-0.25, -0.2) is 0 Å². The third-order valence-corrected chi connectivity index (χ3v) is 3.87. The number of aromatic nitrogens is 2. The van der Waals surface area contributed by atoms with Crippen LogP contribution >= 0.6 is 0 Å². The van der Waals surface area contributed by atoms with Crippen molar-refractivity contribution in [2.45, 2.75) is 60.1 Å². The standard InChI is InChI=1S/C15H28N2O2/c1-7-8-17-14(13(19-6)10-16-17)12(18)9-11(2)15(3,4)5/h10-12,18H,7-9H2,1-6H3. The lowest BCUT2D eigenvalue weighted by molar-refractivity contribution is 0.101. The molecule has 0 bridgehead atoms. The van der Waals surface area contributed by atoms with Gasteiger partial charge in [0, 0.05) is 6.54 Å². The molecule has 4 nitrogen and oxygen atoms in total. The van der Waals surface area contributed by atoms with E-state index >= 15 is 0 Å². The summed E-state index contributed by atoms with van der Waals surface area (Å²) in [5.74, 6) is 1.10. The second-order valence-electron chi connectivity index (χ2n) is 6.34. The van der Waals surface area contributed by atoms with Crippen molar-refractivity contribution in [3.8, 4) is 5.75 Å². The smallest absolute Gasteiger partial charge is 0.162 e. The molecule has 1 heterocycles. The van der Waals surface area contributed by atoms with Crippen LogP contribution < -0.4 is 4.74 Å². The highest BCUT2D eigenvalue weighted by Gasteiger charge is 2.27. The van der Waals surface area contributed by atoms with Crippen LogP contribution in [0.2, 0.25) is 0 Å². The zero-order chi connectivity index (χ0) is 14.6. The van der Waals surface area contributed by atoms with Crippen LogP contribution in [0.15, 0.2) is 6.20 Å². The second kappa shape index (κ2) is 6.42. The van der Waals surface area contributed by atoms with Crippen molar-refractivity contribution in [1.82, 2.24) is 9.78 Å². The Labute approximate surface area is 116 Å². The molecule has 19 heavy (non-hydrogen) atoms. The van der Waals surface area contributed by atoms with Gasteiger partial charge in [-0.2, -0.15) is 5.10 Å². The second-order valence-corrected chi connectivity index (χ2v) is 6.34. The number of methoxy groups -OCH3 is 1. The topological polar surface area (TPSA) is 47.3 Å². The van der Waals surface area contributed by atoms with E-state index < -0.39 is 6.10 Å². The lowest BCUT2D eigenvalue weighted by Crippen LogP contribution is -2.21. The van der Waals surface area contributed by atoms with Crippen LogP contribution in [0.25, 0.3) is 0 Å². The van der Waals surface area contributed by atoms with Gasteiger partial charge in [0.25, 0.3) is 0 Å². The maximum absolute atomic E-state index is 10.5. The fraction of sp³-hybridized carbons (Fsp3) is 0.800. The number of ether oxygens (including phenoxy) is 1. The van der Waals surface area contributed by atoms with E-state index in [0.717, 1.165) is 25.1 Å². The SMILES string of the molecule is CCCn1ncc(OC)c1C(O)CC(C)C(C)(C)C. The molecule has 0 spiro atoms. The van der Waals surface area contributed by atoms with Crippen LogP contribution in [0.4, 0.5) is 0 Å². The van der Waals surface area contributed by atoms with E-state index in [1.165, 1.54) is 0 Å². The van der Waals surface area contributed by atoms with Gasteiger partial charge in [0.15, 0.2) is 5.75 Å². The van der Waals surface area contributed by atoms with Crippen molar-refractivity contribution in [2.75, 3.05) is 7.11 Å². The zero-order valence-electron chi connectivity index (χ0n) is 13.1. The van der Waals surface area contributed by atoms with Crippen molar-refractivity contribution in [2.24, 2.45) is 11.3 Å². The molecular formula is C15H28N2O2. The molecule has 0 aliphatic carbocycles. The molecule has 110 valence electrons. The third kappa shape index (κ3) is 3.96. The van der Waals surface area contributed by atoms with Gasteiger partial charge in [0.1, 0.15) is 5.69 Å². The molecule has 0 saturated heterocycles. The van der Waals surface area contributed by atoms with Gasteiger partial charge in [0.05, 0.1) is 19.4 Å². The Morgan fingerprint density at radius 1 is 1.42 bits per heavy atom. The number of hydrogen-bond donors (Lipinski definition) is 1. The predicted octanol–water partition coefficient (Wildman–Crippen LogP) is 3.41. The number of aryl methyl sites for hydroxylation is 1. The van der Waals surface area contributed by atoms with Gasteiger partial charge in [-0.15, -0.1) is 0 Å². The molecule has 0 aromatic carbocycles. The minimum absolute atomic E-state index is 0.184. The fourth-order valence-corrected chi connectivity index (χ4v) is 2.06. The predicted molar refractivity (Wildman–Crippen MR) is 77.3 cm³/mol. The number of hydrogen-bond acceptors (Lipinski definition) is 3. The van der Waals surface area contributed by atoms with Gasteiger partial charge < -0.3 is 9.84 Å². The highest BCUT2D eigenvalue weighted by molar-refractivity contribution is 5.27. The van der Waals surface area contributed by atoms with Crippen molar-refractivity contribution >= 4 is 0 Å². The van der Waals surface area contributed by atoms with E-state index in [1.54, 1.807) is 13.3 Å². The maximum Gasteiger partial charge on any atom is 0.162 e. The van der Waals surface area contributed by atoms with Crippen LogP contribution in [-0.2, 0) is 6.54 Å². The van der Waals surface area contributed by atoms with E-state index in [9.17, 15) is 5.11 Å². The highest BCUT2D eigenvalue weighted by Crippen LogP contribution is 2.35. The van der Waals surface area contributed by atoms with Gasteiger partial charge in [0.2, 0.25) is 0 Å². The number of rotatable bonds is 6. The molecule has 1 aromatic rings. The van der Waals surface area contributed by atoms with Crippen molar-refractivity contribution in [1.29, 1.82) is 0 Å². The molecule has 1 aromatic heterocycles. The van der Waals surface area contributed by atoms with Crippen LogP contribution in [-0.4, -0.2) is 22.0 Å². The van der Waals surface area contributed by atoms with E-state index in [1.807, 2.05) is 4.68 Å². The first-order valence-electron chi connectivity index (χ1n) is 7.09. The summed E-state index contributed by atoms with van der Waals surface area (Å²) in [5.41, 5.74) is 0.990. The average molecular weight is 268 g/mol. The first kappa shape index (κ1) is 16.0. The molecule has 0 radical (unpaired) electrons. The summed E-state index contributed by atoms with van der Waals surface area (Å²) in [7, 11) is 1.62. The average Bonchev–Trinajstić information content (AvgIpc) is 2.71. The van der Waals surface area contributed by atoms with Crippen LogP contribution in [0.5, 0.6) is 5.75 Å². The molecule has 0 saturated carbocycles. The Kier molecular flexibility index (Phi) is 5.41. The van der Waals surface area contributed by atoms with Gasteiger partial charge in [-0.1, -0.05) is 34.6 Å². The monoisotopic (exact) mass is 268 g/mol. The molecule has 0 aliphatic rings. The van der Waals surface area contributed by atoms with E-state index in [4.69, 9.17) is 4.74 Å². The largest absolute Gasteiger partial charge is 0.493 e. The number of nitrogens with zero attached hydrogens (tertiary/aromatic N) is 2. The minimum atomic E-state index is -0.529. The number of aliphatic hydroxyl groups is 1. The van der Waals surface area contributed by atoms with E-state index in [-0.39, 0.29) is 5.41 Å². The normalized spacial score (nSPS) is 15.3. The molecule has 2 atom stereocenters. The lowest BCUT2D eigenvalue weighted by Gasteiger charge is -2.29. The number of aliphatic hydroxyl groups excluding tert-OH is 1. The molecule has 4 heteroatoms. The minimum Gasteiger partial charge on any atom is -0.493 e. The summed E-state index contributed by atoms with van der Waals surface area (Å²) in [6, 6.07) is 0. The summed E-state index contributed by atoms with van der Waals surface area (Å²) in [6.07, 6.45) is 2.86. The van der Waals surface area contributed by atoms with E-state index in [2.05, 4.69) is 39.7 Å². The first-order valence-corrected chi connectivity index (χ1v) is 7.09. The molecule has 0 amide bonds. The van der Waals surface area contributed by atoms with Crippen LogP contribution in [0.1, 0.15) is 59.3 Å². The lowest BCUT2D eigenvalue weighted by atomic mass is 9.78. The Balaban J connectivity index is 2.91. The molecule has 0 aliphatic heterocycles. The quantitative estimate of drug-likeness (QED) is 0.860. The Bertz CT molecular complexity index is 393. The Hall–Kier alpha value is -1.03. The summed E-state index contributed by atoms with van der Waals surface area (Å²) in [5, 5.41) is 14.8. The van der Waals surface area contributed by atoms with Gasteiger partial charge >= 0.3 is 0 Å². The van der Waals surface area contributed by atoms with Crippen LogP contribution in [0.3, 0.4) is 0 Å². The fourth-order valence-electron chi connectivity index (χ4n) is 2.06. The van der Waals surface area contributed by atoms with Gasteiger partial charge in [-0.3, -0.25) is 4.68 Å². The summed E-state index contributed by atoms with van der Waals surface area (Å²) < 4.78 is 7.18. The Morgan fingerprint density at radius 3 is 2.53 bits per heavy atom. The molecular weight excluding hydrogens is 240 g/mol. The zero-order valence-corrected chi connectivity index (χ0v) is 13.1. The summed E-state index contributed by atoms with van der Waals surface area (Å²) in [4.78, 5) is 0. The third-order valence-electron chi connectivity index (χ3n) is 3.87. The molecule has 2 unspecified atom stereocenters. The first-order chi connectivity index (χ1) is 8.81. The highest BCUT2D eigenvalue weighted by atomic mass is 16.5. The Morgan fingerprint density at radius 2 is 2.05 bits per heavy atom. The summed E-state index contributed by atoms with van der Waals surface area (Å²) >= 11 is 0. The van der Waals surface area contributed by atoms with Crippen molar-refractivity contribution in [3.05, 3.63) is 11.9 Å². The molecule has 0 fully saturated rings. The van der Waals surface area contributed by atoms with E-state index in [0.29, 0.717) is 11.7 Å². The molecule has 1 rings (SSSR count).